The van der Waals surface area contributed by atoms with E-state index in [9.17, 15) is 9.90 Å². The zero-order valence-electron chi connectivity index (χ0n) is 11.1. The largest absolute Gasteiger partial charge is 0.387 e. The lowest BCUT2D eigenvalue weighted by molar-refractivity contribution is -0.126. The number of aliphatic hydroxyl groups is 1. The molecule has 0 radical (unpaired) electrons. The molecular weight excluding hydrogens is 226 g/mol. The number of benzene rings is 1. The molecule has 1 amide bonds. The molecule has 3 heteroatoms. The number of rotatable bonds is 2. The molecule has 0 bridgehead atoms. The van der Waals surface area contributed by atoms with Crippen LogP contribution in [0.15, 0.2) is 35.9 Å². The zero-order valence-corrected chi connectivity index (χ0v) is 11.1. The summed E-state index contributed by atoms with van der Waals surface area (Å²) in [4.78, 5) is 13.9. The van der Waals surface area contributed by atoms with E-state index in [0.29, 0.717) is 6.42 Å². The van der Waals surface area contributed by atoms with Gasteiger partial charge in [-0.25, -0.2) is 0 Å². The Bertz CT molecular complexity index is 489. The molecule has 3 nitrogen and oxygen atoms in total. The summed E-state index contributed by atoms with van der Waals surface area (Å²) in [6.07, 6.45) is 1.88. The molecule has 2 rings (SSSR count). The van der Waals surface area contributed by atoms with Crippen LogP contribution in [0.5, 0.6) is 0 Å². The van der Waals surface area contributed by atoms with Gasteiger partial charge in [-0.2, -0.15) is 0 Å². The summed E-state index contributed by atoms with van der Waals surface area (Å²) >= 11 is 0. The third-order valence-corrected chi connectivity index (χ3v) is 3.43. The molecular formula is C15H19NO2. The molecule has 1 N–H and O–H groups in total. The summed E-state index contributed by atoms with van der Waals surface area (Å²) in [5.41, 5.74) is 2.81. The normalized spacial score (nSPS) is 22.7. The van der Waals surface area contributed by atoms with Crippen molar-refractivity contribution >= 4 is 11.6 Å². The van der Waals surface area contributed by atoms with Crippen molar-refractivity contribution in [2.75, 3.05) is 11.9 Å². The summed E-state index contributed by atoms with van der Waals surface area (Å²) in [5, 5.41) is 10.3. The second-order valence-electron chi connectivity index (χ2n) is 5.02. The van der Waals surface area contributed by atoms with Crippen LogP contribution in [0.3, 0.4) is 0 Å². The van der Waals surface area contributed by atoms with Crippen molar-refractivity contribution in [2.45, 2.75) is 26.4 Å². The number of amides is 1. The van der Waals surface area contributed by atoms with Crippen molar-refractivity contribution in [1.82, 2.24) is 0 Å². The molecule has 2 atom stereocenters. The molecule has 18 heavy (non-hydrogen) atoms. The van der Waals surface area contributed by atoms with E-state index < -0.39 is 6.10 Å². The highest BCUT2D eigenvalue weighted by molar-refractivity contribution is 5.98. The van der Waals surface area contributed by atoms with Crippen molar-refractivity contribution in [3.63, 3.8) is 0 Å². The first-order valence-electron chi connectivity index (χ1n) is 6.20. The second-order valence-corrected chi connectivity index (χ2v) is 5.02. The fraction of sp³-hybridized carbons (Fsp3) is 0.400. The van der Waals surface area contributed by atoms with Crippen LogP contribution in [0.4, 0.5) is 5.69 Å². The Balaban J connectivity index is 2.36. The van der Waals surface area contributed by atoms with Crippen molar-refractivity contribution in [2.24, 2.45) is 5.92 Å². The van der Waals surface area contributed by atoms with Gasteiger partial charge in [-0.05, 0) is 26.3 Å². The van der Waals surface area contributed by atoms with Crippen LogP contribution in [0, 0.1) is 5.92 Å². The van der Waals surface area contributed by atoms with Gasteiger partial charge in [-0.15, -0.1) is 0 Å². The Kier molecular flexibility index (Phi) is 3.53. The Morgan fingerprint density at radius 1 is 1.39 bits per heavy atom. The quantitative estimate of drug-likeness (QED) is 0.814. The molecule has 0 aromatic heterocycles. The maximum absolute atomic E-state index is 12.2. The average Bonchev–Trinajstić information content (AvgIpc) is 2.36. The Hall–Kier alpha value is -1.61. The van der Waals surface area contributed by atoms with Crippen molar-refractivity contribution in [1.29, 1.82) is 0 Å². The molecule has 1 aliphatic rings. The maximum atomic E-state index is 12.2. The van der Waals surface area contributed by atoms with Crippen LogP contribution >= 0.6 is 0 Å². The molecule has 0 saturated carbocycles. The number of aliphatic hydroxyl groups excluding tert-OH is 1. The first-order valence-corrected chi connectivity index (χ1v) is 6.20. The van der Waals surface area contributed by atoms with Gasteiger partial charge in [0.15, 0.2) is 0 Å². The van der Waals surface area contributed by atoms with Crippen LogP contribution < -0.4 is 4.90 Å². The first kappa shape index (κ1) is 12.8. The number of hydrogen-bond acceptors (Lipinski definition) is 2. The molecule has 0 unspecified atom stereocenters. The second kappa shape index (κ2) is 4.94. The van der Waals surface area contributed by atoms with E-state index in [1.54, 1.807) is 11.9 Å². The minimum absolute atomic E-state index is 0.0151. The maximum Gasteiger partial charge on any atom is 0.233 e. The van der Waals surface area contributed by atoms with E-state index in [-0.39, 0.29) is 11.8 Å². The number of fused-ring (bicyclic) bond motifs is 1. The van der Waals surface area contributed by atoms with Gasteiger partial charge in [0.05, 0.1) is 12.0 Å². The lowest BCUT2D eigenvalue weighted by atomic mass is 9.86. The molecule has 1 heterocycles. The molecule has 1 aliphatic heterocycles. The van der Waals surface area contributed by atoms with Crippen LogP contribution in [-0.2, 0) is 4.79 Å². The fourth-order valence-electron chi connectivity index (χ4n) is 2.35. The van der Waals surface area contributed by atoms with Gasteiger partial charge in [-0.3, -0.25) is 4.79 Å². The Morgan fingerprint density at radius 2 is 2.06 bits per heavy atom. The number of carbonyl (C=O) groups is 1. The van der Waals surface area contributed by atoms with Gasteiger partial charge in [0.2, 0.25) is 5.91 Å². The van der Waals surface area contributed by atoms with E-state index in [1.165, 1.54) is 0 Å². The number of nitrogens with zero attached hydrogens (tertiary/aromatic N) is 1. The van der Waals surface area contributed by atoms with E-state index >= 15 is 0 Å². The summed E-state index contributed by atoms with van der Waals surface area (Å²) in [5.74, 6) is -0.390. The lowest BCUT2D eigenvalue weighted by Crippen LogP contribution is -2.40. The van der Waals surface area contributed by atoms with Crippen molar-refractivity contribution in [3.05, 3.63) is 41.5 Å². The van der Waals surface area contributed by atoms with Gasteiger partial charge in [0.1, 0.15) is 0 Å². The predicted molar refractivity (Wildman–Crippen MR) is 72.3 cm³/mol. The lowest BCUT2D eigenvalue weighted by Gasteiger charge is -2.34. The number of hydrogen-bond donors (Lipinski definition) is 1. The zero-order chi connectivity index (χ0) is 13.3. The summed E-state index contributed by atoms with van der Waals surface area (Å²) in [6, 6.07) is 7.53. The van der Waals surface area contributed by atoms with Gasteiger partial charge in [-0.1, -0.05) is 29.8 Å². The van der Waals surface area contributed by atoms with Gasteiger partial charge < -0.3 is 10.0 Å². The Labute approximate surface area is 108 Å². The monoisotopic (exact) mass is 245 g/mol. The van der Waals surface area contributed by atoms with E-state index in [0.717, 1.165) is 16.8 Å². The molecule has 1 aromatic rings. The number of para-hydroxylation sites is 1. The van der Waals surface area contributed by atoms with E-state index in [2.05, 4.69) is 0 Å². The minimum Gasteiger partial charge on any atom is -0.387 e. The third-order valence-electron chi connectivity index (χ3n) is 3.43. The highest BCUT2D eigenvalue weighted by Gasteiger charge is 2.36. The SMILES string of the molecule is CC(C)=CC[C@H]1C(=O)N(C)c2ccccc2[C@H]1O. The van der Waals surface area contributed by atoms with Crippen LogP contribution in [0.1, 0.15) is 31.9 Å². The van der Waals surface area contributed by atoms with Gasteiger partial charge in [0.25, 0.3) is 0 Å². The topological polar surface area (TPSA) is 40.5 Å². The molecule has 0 fully saturated rings. The number of carbonyl (C=O) groups excluding carboxylic acids is 1. The summed E-state index contributed by atoms with van der Waals surface area (Å²) in [7, 11) is 1.77. The molecule has 0 saturated heterocycles. The van der Waals surface area contributed by atoms with Gasteiger partial charge >= 0.3 is 0 Å². The fourth-order valence-corrected chi connectivity index (χ4v) is 2.35. The third kappa shape index (κ3) is 2.18. The highest BCUT2D eigenvalue weighted by atomic mass is 16.3. The van der Waals surface area contributed by atoms with Gasteiger partial charge in [0, 0.05) is 18.3 Å². The molecule has 1 aromatic carbocycles. The molecule has 0 spiro atoms. The number of anilines is 1. The predicted octanol–water partition coefficient (Wildman–Crippen LogP) is 2.67. The highest BCUT2D eigenvalue weighted by Crippen LogP contribution is 2.38. The van der Waals surface area contributed by atoms with Crippen molar-refractivity contribution in [3.8, 4) is 0 Å². The Morgan fingerprint density at radius 3 is 2.72 bits per heavy atom. The standard InChI is InChI=1S/C15H19NO2/c1-10(2)8-9-12-14(17)11-6-4-5-7-13(11)16(3)15(12)18/h4-8,12,14,17H,9H2,1-3H3/t12-,14-/m1/s1. The van der Waals surface area contributed by atoms with Crippen LogP contribution in [-0.4, -0.2) is 18.1 Å². The summed E-state index contributed by atoms with van der Waals surface area (Å²) < 4.78 is 0. The smallest absolute Gasteiger partial charge is 0.233 e. The van der Waals surface area contributed by atoms with E-state index in [4.69, 9.17) is 0 Å². The van der Waals surface area contributed by atoms with Crippen LogP contribution in [0.25, 0.3) is 0 Å². The molecule has 0 aliphatic carbocycles. The van der Waals surface area contributed by atoms with E-state index in [1.807, 2.05) is 44.2 Å². The average molecular weight is 245 g/mol. The minimum atomic E-state index is -0.708. The van der Waals surface area contributed by atoms with Crippen LogP contribution in [0.2, 0.25) is 0 Å². The number of allylic oxidation sites excluding steroid dienone is 2. The first-order chi connectivity index (χ1) is 8.52. The van der Waals surface area contributed by atoms with Crippen molar-refractivity contribution < 1.29 is 9.90 Å². The molecule has 96 valence electrons. The summed E-state index contributed by atoms with van der Waals surface area (Å²) in [6.45, 7) is 3.99.